The average Bonchev–Trinajstić information content (AvgIpc) is 3.73. The van der Waals surface area contributed by atoms with Gasteiger partial charge < -0.3 is 23.6 Å². The normalized spacial score (nSPS) is 35.2. The van der Waals surface area contributed by atoms with Gasteiger partial charge in [-0.3, -0.25) is 14.5 Å². The van der Waals surface area contributed by atoms with E-state index in [1.165, 1.54) is 26.9 Å². The topological polar surface area (TPSA) is 124 Å². The van der Waals surface area contributed by atoms with Gasteiger partial charge >= 0.3 is 13.7 Å². The van der Waals surface area contributed by atoms with E-state index in [4.69, 9.17) is 18.5 Å². The molecule has 11 heteroatoms. The lowest BCUT2D eigenvalue weighted by molar-refractivity contribution is -0.188. The van der Waals surface area contributed by atoms with Crippen LogP contribution in [0.15, 0.2) is 54.0 Å². The molecule has 2 aliphatic heterocycles. The number of allylic oxidation sites excluding steroid dienone is 3. The zero-order chi connectivity index (χ0) is 30.6. The standard InChI is InChI=1S/C32H43N2O8P/c1-5-24(35)29-32-16-9-17-34(19-21-12-13-21)26(31(32,3)37)18-22-14-15-25(28(40-29)27(22)32)42-43(38,33-20(2)30(36)39-4)41-23-10-7-6-8-11-23/h6-8,10-11,14-15,20-22,26-27,29,37H,5,9,12-13,16-19H2,1-4H3,(H,33,38)/t20-,22?,26+,27?,29?,31?,32-,43?/m0/s1. The first kappa shape index (κ1) is 30.4. The molecular formula is C32H43N2O8P. The maximum atomic E-state index is 14.3. The summed E-state index contributed by atoms with van der Waals surface area (Å²) in [5, 5.41) is 15.3. The molecule has 43 heavy (non-hydrogen) atoms. The summed E-state index contributed by atoms with van der Waals surface area (Å²) in [5.74, 6) is 0.489. The molecule has 1 aromatic rings. The maximum Gasteiger partial charge on any atom is 0.513 e. The molecule has 6 rings (SSSR count). The van der Waals surface area contributed by atoms with Gasteiger partial charge in [0.25, 0.3) is 0 Å². The summed E-state index contributed by atoms with van der Waals surface area (Å²) >= 11 is 0. The molecule has 2 N–H and O–H groups in total. The third kappa shape index (κ3) is 5.24. The average molecular weight is 615 g/mol. The van der Waals surface area contributed by atoms with Crippen LogP contribution in [0.25, 0.3) is 0 Å². The van der Waals surface area contributed by atoms with E-state index in [1.54, 1.807) is 36.4 Å². The Labute approximate surface area is 253 Å². The third-order valence-electron chi connectivity index (χ3n) is 10.2. The summed E-state index contributed by atoms with van der Waals surface area (Å²) < 4.78 is 37.8. The van der Waals surface area contributed by atoms with Gasteiger partial charge in [-0.15, -0.1) is 0 Å². The zero-order valence-electron chi connectivity index (χ0n) is 25.4. The molecule has 2 heterocycles. The second kappa shape index (κ2) is 11.4. The number of benzene rings is 1. The van der Waals surface area contributed by atoms with Gasteiger partial charge in [0.1, 0.15) is 17.6 Å². The van der Waals surface area contributed by atoms with Gasteiger partial charge in [0.2, 0.25) is 0 Å². The summed E-state index contributed by atoms with van der Waals surface area (Å²) in [6, 6.07) is 7.43. The number of para-hydroxylation sites is 1. The predicted molar refractivity (Wildman–Crippen MR) is 159 cm³/mol. The van der Waals surface area contributed by atoms with Gasteiger partial charge in [0, 0.05) is 24.9 Å². The molecule has 8 atom stereocenters. The van der Waals surface area contributed by atoms with Crippen molar-refractivity contribution in [2.24, 2.45) is 23.2 Å². The van der Waals surface area contributed by atoms with Crippen LogP contribution < -0.4 is 9.61 Å². The number of rotatable bonds is 11. The van der Waals surface area contributed by atoms with Crippen LogP contribution in [0.4, 0.5) is 0 Å². The lowest BCUT2D eigenvalue weighted by Crippen LogP contribution is -2.68. The highest BCUT2D eigenvalue weighted by Crippen LogP contribution is 2.67. The molecule has 5 aliphatic rings. The number of carbonyl (C=O) groups excluding carboxylic acids is 2. The fourth-order valence-electron chi connectivity index (χ4n) is 8.01. The van der Waals surface area contributed by atoms with Crippen LogP contribution in [0.1, 0.15) is 59.3 Å². The van der Waals surface area contributed by atoms with Gasteiger partial charge in [-0.2, -0.15) is 5.09 Å². The number of esters is 1. The number of aliphatic hydroxyl groups is 1. The molecule has 2 bridgehead atoms. The van der Waals surface area contributed by atoms with Crippen molar-refractivity contribution in [3.63, 3.8) is 0 Å². The summed E-state index contributed by atoms with van der Waals surface area (Å²) in [5.41, 5.74) is -2.09. The number of fused-ring (bicyclic) bond motifs is 1. The van der Waals surface area contributed by atoms with Crippen LogP contribution in [0.2, 0.25) is 0 Å². The second-order valence-electron chi connectivity index (χ2n) is 12.9. The zero-order valence-corrected chi connectivity index (χ0v) is 26.3. The highest BCUT2D eigenvalue weighted by Gasteiger charge is 2.73. The van der Waals surface area contributed by atoms with E-state index >= 15 is 0 Å². The highest BCUT2D eigenvalue weighted by molar-refractivity contribution is 7.52. The maximum absolute atomic E-state index is 14.3. The van der Waals surface area contributed by atoms with Crippen molar-refractivity contribution in [1.29, 1.82) is 0 Å². The van der Waals surface area contributed by atoms with Crippen LogP contribution in [0, 0.1) is 23.2 Å². The number of hydrogen-bond donors (Lipinski definition) is 2. The Hall–Kier alpha value is -2.65. The van der Waals surface area contributed by atoms with Crippen molar-refractivity contribution in [2.75, 3.05) is 20.2 Å². The van der Waals surface area contributed by atoms with E-state index in [9.17, 15) is 19.3 Å². The molecule has 234 valence electrons. The molecule has 10 nitrogen and oxygen atoms in total. The van der Waals surface area contributed by atoms with Crippen LogP contribution in [-0.2, 0) is 28.2 Å². The van der Waals surface area contributed by atoms with E-state index in [0.717, 1.165) is 19.5 Å². The molecule has 0 amide bonds. The Bertz CT molecular complexity index is 1360. The van der Waals surface area contributed by atoms with Crippen molar-refractivity contribution in [1.82, 2.24) is 9.99 Å². The van der Waals surface area contributed by atoms with E-state index in [0.29, 0.717) is 24.5 Å². The first-order valence-electron chi connectivity index (χ1n) is 15.5. The smallest absolute Gasteiger partial charge is 0.482 e. The number of nitrogens with zero attached hydrogens (tertiary/aromatic N) is 1. The fraction of sp³-hybridized carbons (Fsp3) is 0.625. The Morgan fingerprint density at radius 3 is 2.65 bits per heavy atom. The summed E-state index contributed by atoms with van der Waals surface area (Å²) in [6.45, 7) is 7.05. The van der Waals surface area contributed by atoms with Crippen molar-refractivity contribution in [2.45, 2.75) is 83.1 Å². The third-order valence-corrected chi connectivity index (χ3v) is 11.8. The first-order chi connectivity index (χ1) is 20.5. The molecule has 1 aromatic carbocycles. The molecular weight excluding hydrogens is 571 g/mol. The Balaban J connectivity index is 1.41. The monoisotopic (exact) mass is 614 g/mol. The van der Waals surface area contributed by atoms with Crippen molar-refractivity contribution in [3.05, 3.63) is 54.0 Å². The van der Waals surface area contributed by atoms with E-state index < -0.39 is 36.9 Å². The number of carbonyl (C=O) groups is 2. The first-order valence-corrected chi connectivity index (χ1v) is 17.0. The SMILES string of the molecule is CCC(=O)C1OC2=C(OP(=O)(N[C@@H](C)C(=O)OC)Oc3ccccc3)C=CC3C[C@H]4N(CC5CC5)CCC[C@@]1(C23)C4(C)O. The Morgan fingerprint density at radius 2 is 1.98 bits per heavy atom. The van der Waals surface area contributed by atoms with Crippen LogP contribution in [0.5, 0.6) is 5.75 Å². The van der Waals surface area contributed by atoms with Gasteiger partial charge in [-0.25, -0.2) is 4.57 Å². The number of ether oxygens (including phenoxy) is 2. The number of hydrogen-bond acceptors (Lipinski definition) is 9. The van der Waals surface area contributed by atoms with E-state index in [2.05, 4.69) is 9.99 Å². The van der Waals surface area contributed by atoms with E-state index in [1.807, 2.05) is 19.9 Å². The minimum atomic E-state index is -4.25. The highest BCUT2D eigenvalue weighted by atomic mass is 31.2. The van der Waals surface area contributed by atoms with Gasteiger partial charge in [-0.1, -0.05) is 31.2 Å². The largest absolute Gasteiger partial charge is 0.513 e. The molecule has 0 aromatic heterocycles. The number of ketones is 1. The minimum Gasteiger partial charge on any atom is -0.482 e. The van der Waals surface area contributed by atoms with Gasteiger partial charge in [0.05, 0.1) is 18.1 Å². The predicted octanol–water partition coefficient (Wildman–Crippen LogP) is 4.75. The van der Waals surface area contributed by atoms with Crippen molar-refractivity contribution < 1.29 is 37.8 Å². The minimum absolute atomic E-state index is 0.00147. The number of Topliss-reactive ketones (excluding diaryl/α,β-unsaturated/α-hetero) is 1. The van der Waals surface area contributed by atoms with E-state index in [-0.39, 0.29) is 41.6 Å². The Kier molecular flexibility index (Phi) is 8.03. The summed E-state index contributed by atoms with van der Waals surface area (Å²) in [6.07, 6.45) is 7.80. The quantitative estimate of drug-likeness (QED) is 0.267. The van der Waals surface area contributed by atoms with Crippen LogP contribution in [-0.4, -0.2) is 65.7 Å². The van der Waals surface area contributed by atoms with Gasteiger partial charge in [0.15, 0.2) is 17.6 Å². The molecule has 2 saturated carbocycles. The fourth-order valence-corrected chi connectivity index (χ4v) is 9.55. The van der Waals surface area contributed by atoms with Crippen molar-refractivity contribution in [3.8, 4) is 5.75 Å². The second-order valence-corrected chi connectivity index (χ2v) is 14.5. The molecule has 5 unspecified atom stereocenters. The lowest BCUT2D eigenvalue weighted by Gasteiger charge is -2.57. The van der Waals surface area contributed by atoms with Crippen LogP contribution in [0.3, 0.4) is 0 Å². The Morgan fingerprint density at radius 1 is 1.23 bits per heavy atom. The number of nitrogens with one attached hydrogen (secondary N) is 1. The van der Waals surface area contributed by atoms with Crippen LogP contribution >= 0.6 is 7.75 Å². The molecule has 3 aliphatic carbocycles. The number of methoxy groups -OCH3 is 1. The van der Waals surface area contributed by atoms with Crippen molar-refractivity contribution >= 4 is 19.5 Å². The summed E-state index contributed by atoms with van der Waals surface area (Å²) in [7, 11) is -3.00. The molecule has 4 fully saturated rings. The van der Waals surface area contributed by atoms with Gasteiger partial charge in [-0.05, 0) is 82.5 Å². The number of likely N-dealkylation sites (tertiary alicyclic amines) is 1. The molecule has 2 saturated heterocycles. The molecule has 0 radical (unpaired) electrons. The summed E-state index contributed by atoms with van der Waals surface area (Å²) in [4.78, 5) is 28.4. The lowest BCUT2D eigenvalue weighted by atomic mass is 9.49. The molecule has 1 spiro atoms.